The quantitative estimate of drug-likeness (QED) is 0.142. The normalized spacial score (nSPS) is 9.46. The van der Waals surface area contributed by atoms with Crippen LogP contribution in [0.25, 0.3) is 68.6 Å². The van der Waals surface area contributed by atoms with Crippen LogP contribution in [-0.2, 0) is 39.0 Å². The molecule has 12 aromatic heterocycles. The summed E-state index contributed by atoms with van der Waals surface area (Å²) in [6.07, 6.45) is 20.2. The van der Waals surface area contributed by atoms with Crippen molar-refractivity contribution in [3.63, 3.8) is 0 Å². The summed E-state index contributed by atoms with van der Waals surface area (Å²) in [5, 5.41) is 22.3. The van der Waals surface area contributed by atoms with E-state index < -0.39 is 0 Å². The second kappa shape index (κ2) is 31.2. The number of nitrogens with zero attached hydrogens (tertiary/aromatic N) is 17. The van der Waals surface area contributed by atoms with Gasteiger partial charge < -0.3 is 30.4 Å². The maximum Gasteiger partial charge on any atom is 2.00 e. The Morgan fingerprint density at radius 2 is 0.479 bits per heavy atom. The van der Waals surface area contributed by atoms with Crippen molar-refractivity contribution in [1.82, 2.24) is 85.4 Å². The van der Waals surface area contributed by atoms with E-state index >= 15 is 0 Å². The Morgan fingerprint density at radius 1 is 0.225 bits per heavy atom. The van der Waals surface area contributed by atoms with Crippen molar-refractivity contribution in [2.45, 2.75) is 0 Å². The van der Waals surface area contributed by atoms with Crippen molar-refractivity contribution < 1.29 is 39.0 Å². The van der Waals surface area contributed by atoms with Crippen LogP contribution >= 0.6 is 0 Å². The van der Waals surface area contributed by atoms with E-state index in [1.807, 2.05) is 170 Å². The first-order chi connectivity index (χ1) is 34.3. The molecule has 12 heterocycles. The van der Waals surface area contributed by atoms with Crippen LogP contribution in [0.1, 0.15) is 0 Å². The molecule has 0 amide bonds. The van der Waals surface area contributed by atoms with Gasteiger partial charge in [0.25, 0.3) is 0 Å². The number of aromatic nitrogens is 17. The van der Waals surface area contributed by atoms with Crippen molar-refractivity contribution in [3.05, 3.63) is 244 Å². The van der Waals surface area contributed by atoms with Gasteiger partial charge in [-0.05, 0) is 121 Å². The minimum Gasteiger partial charge on any atom is -0.574 e. The summed E-state index contributed by atoms with van der Waals surface area (Å²) in [4.78, 5) is 45.2. The number of hydrogen-bond donors (Lipinski definition) is 0. The molecule has 0 bridgehead atoms. The predicted molar refractivity (Wildman–Crippen MR) is 260 cm³/mol. The van der Waals surface area contributed by atoms with Gasteiger partial charge in [-0.2, -0.15) is 0 Å². The molecule has 0 aromatic carbocycles. The molecular formula is C52H40N17Ru2. The SMILES string of the molecule is [Ru+2].[Ru+].c1ccc(-c2ccccn2)nc1.c1ccc(-c2ccccn2)nc1.c1ccc(-c2ccccn2)nc1.c1ccc(-c2ccn[n-]2)nc1.c1ccc(-c2ncn[n-]2)nc1.c1ccc(-c2ncn[n-]2)nc1. The fourth-order valence-electron chi connectivity index (χ4n) is 5.57. The maximum absolute atomic E-state index is 4.19. The van der Waals surface area contributed by atoms with Crippen LogP contribution in [0.3, 0.4) is 0 Å². The summed E-state index contributed by atoms with van der Waals surface area (Å²) in [5.41, 5.74) is 8.69. The van der Waals surface area contributed by atoms with Gasteiger partial charge in [0, 0.05) is 80.3 Å². The molecule has 12 aromatic rings. The van der Waals surface area contributed by atoms with Crippen LogP contribution in [0, 0.1) is 0 Å². The maximum atomic E-state index is 4.19. The Hall–Kier alpha value is -8.91. The van der Waals surface area contributed by atoms with E-state index in [4.69, 9.17) is 0 Å². The van der Waals surface area contributed by atoms with E-state index in [2.05, 4.69) is 85.4 Å². The summed E-state index contributed by atoms with van der Waals surface area (Å²) >= 11 is 0. The van der Waals surface area contributed by atoms with Gasteiger partial charge in [0.15, 0.2) is 0 Å². The molecule has 0 aliphatic carbocycles. The molecule has 19 heteroatoms. The van der Waals surface area contributed by atoms with Crippen LogP contribution in [0.4, 0.5) is 0 Å². The first-order valence-electron chi connectivity index (χ1n) is 21.1. The zero-order chi connectivity index (χ0) is 47.2. The van der Waals surface area contributed by atoms with Crippen LogP contribution in [0.15, 0.2) is 244 Å². The summed E-state index contributed by atoms with van der Waals surface area (Å²) in [6.45, 7) is 0. The van der Waals surface area contributed by atoms with Gasteiger partial charge >= 0.3 is 39.0 Å². The number of rotatable bonds is 6. The molecule has 0 aliphatic rings. The van der Waals surface area contributed by atoms with E-state index in [0.717, 1.165) is 56.9 Å². The third-order valence-corrected chi connectivity index (χ3v) is 8.72. The average Bonchev–Trinajstić information content (AvgIpc) is 4.31. The van der Waals surface area contributed by atoms with E-state index in [9.17, 15) is 0 Å². The first-order valence-corrected chi connectivity index (χ1v) is 21.1. The van der Waals surface area contributed by atoms with Gasteiger partial charge in [-0.25, -0.2) is 0 Å². The van der Waals surface area contributed by atoms with Crippen molar-refractivity contribution in [3.8, 4) is 68.6 Å². The Bertz CT molecular complexity index is 2650. The van der Waals surface area contributed by atoms with Crippen LogP contribution in [0.5, 0.6) is 0 Å². The van der Waals surface area contributed by atoms with Crippen molar-refractivity contribution in [2.75, 3.05) is 0 Å². The zero-order valence-corrected chi connectivity index (χ0v) is 40.9. The minimum absolute atomic E-state index is 0. The molecule has 349 valence electrons. The summed E-state index contributed by atoms with van der Waals surface area (Å²) in [7, 11) is 0. The molecule has 0 fully saturated rings. The Balaban J connectivity index is 0.000000158. The van der Waals surface area contributed by atoms with E-state index in [0.29, 0.717) is 11.6 Å². The second-order valence-corrected chi connectivity index (χ2v) is 13.4. The third kappa shape index (κ3) is 18.3. The molecule has 0 unspecified atom stereocenters. The third-order valence-electron chi connectivity index (χ3n) is 8.72. The molecule has 0 aliphatic heterocycles. The molecule has 0 atom stereocenters. The zero-order valence-electron chi connectivity index (χ0n) is 37.4. The minimum atomic E-state index is 0. The van der Waals surface area contributed by atoms with E-state index in [1.54, 1.807) is 62.0 Å². The molecule has 1 radical (unpaired) electrons. The van der Waals surface area contributed by atoms with Gasteiger partial charge in [-0.3, -0.25) is 55.1 Å². The van der Waals surface area contributed by atoms with Gasteiger partial charge in [0.1, 0.15) is 0 Å². The van der Waals surface area contributed by atoms with E-state index in [-0.39, 0.29) is 39.0 Å². The molecule has 0 saturated carbocycles. The molecule has 0 spiro atoms. The molecule has 0 saturated heterocycles. The van der Waals surface area contributed by atoms with Crippen molar-refractivity contribution in [2.24, 2.45) is 0 Å². The monoisotopic (exact) mass is 1110 g/mol. The van der Waals surface area contributed by atoms with Crippen LogP contribution in [0.2, 0.25) is 0 Å². The largest absolute Gasteiger partial charge is 2.00 e. The molecule has 71 heavy (non-hydrogen) atoms. The Kier molecular flexibility index (Phi) is 23.3. The molecule has 17 nitrogen and oxygen atoms in total. The van der Waals surface area contributed by atoms with Gasteiger partial charge in [0.2, 0.25) is 0 Å². The first kappa shape index (κ1) is 53.0. The average molecular weight is 1110 g/mol. The second-order valence-electron chi connectivity index (χ2n) is 13.4. The predicted octanol–water partition coefficient (Wildman–Crippen LogP) is 8.52. The van der Waals surface area contributed by atoms with Crippen molar-refractivity contribution in [1.29, 1.82) is 0 Å². The van der Waals surface area contributed by atoms with Crippen LogP contribution < -0.4 is 15.3 Å². The molecule has 0 N–H and O–H groups in total. The van der Waals surface area contributed by atoms with Gasteiger partial charge in [-0.1, -0.05) is 66.4 Å². The fourth-order valence-corrected chi connectivity index (χ4v) is 5.57. The van der Waals surface area contributed by atoms with E-state index in [1.165, 1.54) is 12.7 Å². The van der Waals surface area contributed by atoms with Gasteiger partial charge in [0.05, 0.1) is 45.6 Å². The van der Waals surface area contributed by atoms with Gasteiger partial charge in [-0.15, -0.1) is 0 Å². The molecular weight excluding hydrogens is 1060 g/mol. The standard InChI is InChI=1S/3C10H8N2.C8H6N3.2C7H5N4.2Ru/c3*1-3-7-11-9(5-1)10-6-2-4-8-12-10;1-2-5-9-7(3-1)8-4-6-10-11-8;2*1-2-4-8-6(3-1)7-9-5-10-11-7;;/h3*1-8H;1-6H;2*1-5H;;/q;;;3*-1;+1;+2. The summed E-state index contributed by atoms with van der Waals surface area (Å²) in [5.74, 6) is 1.15. The summed E-state index contributed by atoms with van der Waals surface area (Å²) < 4.78 is 0. The number of pyridine rings is 9. The number of hydrogen-bond acceptors (Lipinski definition) is 14. The summed E-state index contributed by atoms with van der Waals surface area (Å²) in [6, 6.07) is 53.5. The molecule has 12 rings (SSSR count). The smallest absolute Gasteiger partial charge is 0.574 e. The fraction of sp³-hybridized carbons (Fsp3) is 0. The Morgan fingerprint density at radius 3 is 0.676 bits per heavy atom. The Labute approximate surface area is 434 Å². The van der Waals surface area contributed by atoms with Crippen LogP contribution in [-0.4, -0.2) is 70.1 Å². The van der Waals surface area contributed by atoms with Crippen molar-refractivity contribution >= 4 is 0 Å². The topological polar surface area (TPSA) is 223 Å².